The number of likely N-dealkylation sites (tertiary alicyclic amines) is 1. The highest BCUT2D eigenvalue weighted by Gasteiger charge is 2.42. The molecular formula is C16H19F3N2O3. The summed E-state index contributed by atoms with van der Waals surface area (Å²) in [6.45, 7) is -0.367. The lowest BCUT2D eigenvalue weighted by atomic mass is 9.97. The van der Waals surface area contributed by atoms with Gasteiger partial charge in [0.2, 0.25) is 5.91 Å². The Balaban J connectivity index is 1.90. The van der Waals surface area contributed by atoms with Gasteiger partial charge in [-0.25, -0.2) is 0 Å². The van der Waals surface area contributed by atoms with Crippen LogP contribution in [0.3, 0.4) is 0 Å². The Labute approximate surface area is 137 Å². The zero-order valence-electron chi connectivity index (χ0n) is 13.0. The van der Waals surface area contributed by atoms with Crippen molar-refractivity contribution in [2.75, 3.05) is 19.7 Å². The number of halogens is 3. The molecule has 5 nitrogen and oxygen atoms in total. The van der Waals surface area contributed by atoms with Crippen molar-refractivity contribution < 1.29 is 27.5 Å². The van der Waals surface area contributed by atoms with Gasteiger partial charge in [-0.2, -0.15) is 13.2 Å². The Bertz CT molecular complexity index is 604. The molecule has 132 valence electrons. The molecule has 1 aliphatic heterocycles. The molecule has 1 aliphatic rings. The first-order valence-corrected chi connectivity index (χ1v) is 7.60. The SMILES string of the molecule is NC(=O)Cc1cccc(OCC(=O)N2CCC[C@H](C(F)(F)F)C2)c1. The first kappa shape index (κ1) is 18.1. The lowest BCUT2D eigenvalue weighted by Crippen LogP contribution is -2.46. The normalized spacial score (nSPS) is 18.3. The minimum absolute atomic E-state index is 0.0449. The van der Waals surface area contributed by atoms with E-state index in [1.165, 1.54) is 4.90 Å². The van der Waals surface area contributed by atoms with E-state index in [0.717, 1.165) is 0 Å². The summed E-state index contributed by atoms with van der Waals surface area (Å²) in [7, 11) is 0. The van der Waals surface area contributed by atoms with Crippen molar-refractivity contribution in [3.63, 3.8) is 0 Å². The molecule has 0 aromatic heterocycles. The first-order valence-electron chi connectivity index (χ1n) is 7.60. The Morgan fingerprint density at radius 3 is 2.75 bits per heavy atom. The molecule has 1 saturated heterocycles. The van der Waals surface area contributed by atoms with Gasteiger partial charge in [-0.05, 0) is 30.5 Å². The van der Waals surface area contributed by atoms with E-state index in [4.69, 9.17) is 10.5 Å². The smallest absolute Gasteiger partial charge is 0.393 e. The lowest BCUT2D eigenvalue weighted by Gasteiger charge is -2.33. The molecule has 0 bridgehead atoms. The van der Waals surface area contributed by atoms with Crippen molar-refractivity contribution >= 4 is 11.8 Å². The van der Waals surface area contributed by atoms with Gasteiger partial charge < -0.3 is 15.4 Å². The largest absolute Gasteiger partial charge is 0.484 e. The van der Waals surface area contributed by atoms with Crippen molar-refractivity contribution in [2.45, 2.75) is 25.4 Å². The summed E-state index contributed by atoms with van der Waals surface area (Å²) in [4.78, 5) is 24.1. The summed E-state index contributed by atoms with van der Waals surface area (Å²) < 4.78 is 43.7. The molecule has 2 N–H and O–H groups in total. The number of alkyl halides is 3. The van der Waals surface area contributed by atoms with Gasteiger partial charge >= 0.3 is 6.18 Å². The van der Waals surface area contributed by atoms with Crippen molar-refractivity contribution in [3.05, 3.63) is 29.8 Å². The molecule has 1 fully saturated rings. The molecule has 0 aliphatic carbocycles. The molecule has 1 aromatic carbocycles. The second-order valence-electron chi connectivity index (χ2n) is 5.80. The van der Waals surface area contributed by atoms with E-state index < -0.39 is 23.9 Å². The number of ether oxygens (including phenoxy) is 1. The van der Waals surface area contributed by atoms with Gasteiger partial charge in [0, 0.05) is 13.1 Å². The quantitative estimate of drug-likeness (QED) is 0.887. The van der Waals surface area contributed by atoms with Crippen LogP contribution in [0.2, 0.25) is 0 Å². The molecule has 0 radical (unpaired) electrons. The van der Waals surface area contributed by atoms with Crippen molar-refractivity contribution in [2.24, 2.45) is 11.7 Å². The van der Waals surface area contributed by atoms with E-state index >= 15 is 0 Å². The fourth-order valence-corrected chi connectivity index (χ4v) is 2.65. The van der Waals surface area contributed by atoms with Crippen LogP contribution >= 0.6 is 0 Å². The molecule has 1 aromatic rings. The number of rotatable bonds is 5. The van der Waals surface area contributed by atoms with Crippen molar-refractivity contribution in [3.8, 4) is 5.75 Å². The van der Waals surface area contributed by atoms with E-state index in [9.17, 15) is 22.8 Å². The van der Waals surface area contributed by atoms with Crippen LogP contribution in [0, 0.1) is 5.92 Å². The predicted octanol–water partition coefficient (Wildman–Crippen LogP) is 1.89. The fraction of sp³-hybridized carbons (Fsp3) is 0.500. The Morgan fingerprint density at radius 1 is 1.33 bits per heavy atom. The third kappa shape index (κ3) is 5.14. The number of primary amides is 1. The number of amides is 2. The Kier molecular flexibility index (Phi) is 5.69. The van der Waals surface area contributed by atoms with Crippen LogP contribution in [-0.2, 0) is 16.0 Å². The highest BCUT2D eigenvalue weighted by atomic mass is 19.4. The van der Waals surface area contributed by atoms with E-state index in [1.54, 1.807) is 24.3 Å². The van der Waals surface area contributed by atoms with Crippen LogP contribution < -0.4 is 10.5 Å². The van der Waals surface area contributed by atoms with Crippen LogP contribution in [0.4, 0.5) is 13.2 Å². The number of benzene rings is 1. The summed E-state index contributed by atoms with van der Waals surface area (Å²) in [5.74, 6) is -2.08. The van der Waals surface area contributed by atoms with Crippen LogP contribution in [0.15, 0.2) is 24.3 Å². The summed E-state index contributed by atoms with van der Waals surface area (Å²) >= 11 is 0. The zero-order valence-corrected chi connectivity index (χ0v) is 13.0. The monoisotopic (exact) mass is 344 g/mol. The van der Waals surface area contributed by atoms with E-state index in [2.05, 4.69) is 0 Å². The van der Waals surface area contributed by atoms with Crippen molar-refractivity contribution in [1.82, 2.24) is 4.90 Å². The van der Waals surface area contributed by atoms with Gasteiger partial charge in [-0.3, -0.25) is 9.59 Å². The van der Waals surface area contributed by atoms with Crippen LogP contribution in [0.1, 0.15) is 18.4 Å². The van der Waals surface area contributed by atoms with E-state index in [-0.39, 0.29) is 26.0 Å². The summed E-state index contributed by atoms with van der Waals surface area (Å²) in [5, 5.41) is 0. The maximum absolute atomic E-state index is 12.8. The van der Waals surface area contributed by atoms with Gasteiger partial charge in [-0.15, -0.1) is 0 Å². The summed E-state index contributed by atoms with van der Waals surface area (Å²) in [5.41, 5.74) is 5.75. The lowest BCUT2D eigenvalue weighted by molar-refractivity contribution is -0.188. The number of hydrogen-bond donors (Lipinski definition) is 1. The molecular weight excluding hydrogens is 325 g/mol. The minimum Gasteiger partial charge on any atom is -0.484 e. The van der Waals surface area contributed by atoms with Gasteiger partial charge in [0.1, 0.15) is 5.75 Å². The third-order valence-electron chi connectivity index (χ3n) is 3.88. The molecule has 2 amide bonds. The minimum atomic E-state index is -4.29. The number of piperidine rings is 1. The number of carbonyl (C=O) groups excluding carboxylic acids is 2. The molecule has 0 spiro atoms. The average molecular weight is 344 g/mol. The third-order valence-corrected chi connectivity index (χ3v) is 3.88. The van der Waals surface area contributed by atoms with Gasteiger partial charge in [0.15, 0.2) is 6.61 Å². The zero-order chi connectivity index (χ0) is 17.7. The molecule has 2 rings (SSSR count). The number of nitrogens with zero attached hydrogens (tertiary/aromatic N) is 1. The Hall–Kier alpha value is -2.25. The van der Waals surface area contributed by atoms with Gasteiger partial charge in [0.25, 0.3) is 5.91 Å². The number of nitrogens with two attached hydrogens (primary N) is 1. The molecule has 0 saturated carbocycles. The molecule has 1 heterocycles. The predicted molar refractivity (Wildman–Crippen MR) is 80.2 cm³/mol. The van der Waals surface area contributed by atoms with Crippen molar-refractivity contribution in [1.29, 1.82) is 0 Å². The average Bonchev–Trinajstić information content (AvgIpc) is 2.51. The first-order chi connectivity index (χ1) is 11.3. The second kappa shape index (κ2) is 7.55. The molecule has 24 heavy (non-hydrogen) atoms. The van der Waals surface area contributed by atoms with Crippen LogP contribution in [0.5, 0.6) is 5.75 Å². The highest BCUT2D eigenvalue weighted by Crippen LogP contribution is 2.33. The maximum atomic E-state index is 12.8. The highest BCUT2D eigenvalue weighted by molar-refractivity contribution is 5.78. The summed E-state index contributed by atoms with van der Waals surface area (Å²) in [6, 6.07) is 6.52. The van der Waals surface area contributed by atoms with Gasteiger partial charge in [-0.1, -0.05) is 12.1 Å². The summed E-state index contributed by atoms with van der Waals surface area (Å²) in [6.07, 6.45) is -3.87. The molecule has 1 atom stereocenters. The number of hydrogen-bond acceptors (Lipinski definition) is 3. The topological polar surface area (TPSA) is 72.6 Å². The Morgan fingerprint density at radius 2 is 2.08 bits per heavy atom. The van der Waals surface area contributed by atoms with Crippen LogP contribution in [-0.4, -0.2) is 42.6 Å². The van der Waals surface area contributed by atoms with E-state index in [1.807, 2.05) is 0 Å². The number of carbonyl (C=O) groups is 2. The second-order valence-corrected chi connectivity index (χ2v) is 5.80. The molecule has 0 unspecified atom stereocenters. The fourth-order valence-electron chi connectivity index (χ4n) is 2.65. The maximum Gasteiger partial charge on any atom is 0.393 e. The van der Waals surface area contributed by atoms with Gasteiger partial charge in [0.05, 0.1) is 12.3 Å². The van der Waals surface area contributed by atoms with Crippen LogP contribution in [0.25, 0.3) is 0 Å². The standard InChI is InChI=1S/C16H19F3N2O3/c17-16(18,19)12-4-2-6-21(9-12)15(23)10-24-13-5-1-3-11(7-13)8-14(20)22/h1,3,5,7,12H,2,4,6,8-10H2,(H2,20,22)/t12-/m0/s1. The molecule has 8 heteroatoms. The van der Waals surface area contributed by atoms with E-state index in [0.29, 0.717) is 24.3 Å².